The highest BCUT2D eigenvalue weighted by Crippen LogP contribution is 2.28. The van der Waals surface area contributed by atoms with Gasteiger partial charge in [-0.05, 0) is 28.1 Å². The van der Waals surface area contributed by atoms with E-state index in [1.165, 1.54) is 18.2 Å². The van der Waals surface area contributed by atoms with Crippen LogP contribution < -0.4 is 4.74 Å². The van der Waals surface area contributed by atoms with Gasteiger partial charge in [-0.25, -0.2) is 0 Å². The molecule has 0 saturated heterocycles. The molecular formula is C10H5BrF3NO2. The highest BCUT2D eigenvalue weighted by atomic mass is 79.9. The third-order valence-electron chi connectivity index (χ3n) is 1.83. The van der Waals surface area contributed by atoms with Crippen molar-refractivity contribution in [1.82, 2.24) is 5.16 Å². The Labute approximate surface area is 102 Å². The number of aromatic nitrogens is 1. The Bertz CT molecular complexity index is 524. The number of halogens is 4. The summed E-state index contributed by atoms with van der Waals surface area (Å²) in [4.78, 5) is 0. The summed E-state index contributed by atoms with van der Waals surface area (Å²) in [7, 11) is 0. The maximum atomic E-state index is 12.0. The molecule has 0 saturated carbocycles. The molecule has 2 rings (SSSR count). The van der Waals surface area contributed by atoms with Crippen LogP contribution in [0.1, 0.15) is 0 Å². The molecule has 0 atom stereocenters. The molecule has 1 heterocycles. The van der Waals surface area contributed by atoms with Crippen molar-refractivity contribution in [3.63, 3.8) is 0 Å². The number of ether oxygens (including phenoxy) is 1. The Balaban J connectivity index is 2.29. The van der Waals surface area contributed by atoms with Gasteiger partial charge in [0.25, 0.3) is 0 Å². The van der Waals surface area contributed by atoms with Crippen LogP contribution in [0, 0.1) is 0 Å². The van der Waals surface area contributed by atoms with E-state index in [1.54, 1.807) is 12.1 Å². The van der Waals surface area contributed by atoms with Crippen LogP contribution >= 0.6 is 15.9 Å². The zero-order valence-electron chi connectivity index (χ0n) is 8.16. The molecule has 0 fully saturated rings. The van der Waals surface area contributed by atoms with Gasteiger partial charge in [0.1, 0.15) is 10.4 Å². The first kappa shape index (κ1) is 12.0. The van der Waals surface area contributed by atoms with Crippen molar-refractivity contribution in [1.29, 1.82) is 0 Å². The number of alkyl halides is 3. The maximum Gasteiger partial charge on any atom is 0.573 e. The minimum absolute atomic E-state index is 0.303. The lowest BCUT2D eigenvalue weighted by Crippen LogP contribution is -2.17. The number of hydrogen-bond donors (Lipinski definition) is 0. The van der Waals surface area contributed by atoms with Crippen LogP contribution in [0.2, 0.25) is 0 Å². The zero-order chi connectivity index (χ0) is 12.5. The summed E-state index contributed by atoms with van der Waals surface area (Å²) >= 11 is 3.08. The molecule has 1 aromatic carbocycles. The fraction of sp³-hybridized carbons (Fsp3) is 0.100. The molecule has 0 unspecified atom stereocenters. The van der Waals surface area contributed by atoms with Gasteiger partial charge in [-0.15, -0.1) is 13.2 Å². The number of nitrogens with zero attached hydrogens (tertiary/aromatic N) is 1. The summed E-state index contributed by atoms with van der Waals surface area (Å²) in [5.41, 5.74) is 0.449. The largest absolute Gasteiger partial charge is 0.573 e. The third-order valence-corrected chi connectivity index (χ3v) is 2.21. The molecule has 3 nitrogen and oxygen atoms in total. The molecule has 2 aromatic rings. The van der Waals surface area contributed by atoms with Crippen molar-refractivity contribution in [2.75, 3.05) is 0 Å². The Morgan fingerprint density at radius 1 is 1.24 bits per heavy atom. The summed E-state index contributed by atoms with van der Waals surface area (Å²) in [5.74, 6) is 0.0482. The quantitative estimate of drug-likeness (QED) is 0.841. The van der Waals surface area contributed by atoms with Crippen molar-refractivity contribution in [3.05, 3.63) is 34.9 Å². The second kappa shape index (κ2) is 4.40. The Morgan fingerprint density at radius 2 is 2.00 bits per heavy atom. The van der Waals surface area contributed by atoms with Gasteiger partial charge in [0, 0.05) is 11.6 Å². The van der Waals surface area contributed by atoms with Crippen molar-refractivity contribution >= 4 is 15.9 Å². The molecule has 0 amide bonds. The molecular weight excluding hydrogens is 303 g/mol. The molecule has 90 valence electrons. The van der Waals surface area contributed by atoms with Gasteiger partial charge in [0.05, 0.1) is 0 Å². The Kier molecular flexibility index (Phi) is 3.10. The second-order valence-electron chi connectivity index (χ2n) is 3.09. The molecule has 7 heteroatoms. The lowest BCUT2D eigenvalue weighted by Gasteiger charge is -2.08. The molecule has 0 aliphatic carbocycles. The molecule has 0 bridgehead atoms. The zero-order valence-corrected chi connectivity index (χ0v) is 9.75. The first-order valence-electron chi connectivity index (χ1n) is 4.42. The standard InChI is InChI=1S/C10H5BrF3NO2/c11-9-5-8(17-15-9)6-2-1-3-7(4-6)16-10(12,13)14/h1-5H. The van der Waals surface area contributed by atoms with Crippen LogP contribution in [-0.4, -0.2) is 11.5 Å². The van der Waals surface area contributed by atoms with Gasteiger partial charge in [-0.3, -0.25) is 0 Å². The summed E-state index contributed by atoms with van der Waals surface area (Å²) in [6, 6.07) is 7.01. The van der Waals surface area contributed by atoms with Crippen molar-refractivity contribution in [3.8, 4) is 17.1 Å². The number of hydrogen-bond acceptors (Lipinski definition) is 3. The van der Waals surface area contributed by atoms with Gasteiger partial charge in [0.2, 0.25) is 0 Å². The fourth-order valence-corrected chi connectivity index (χ4v) is 1.52. The number of rotatable bonds is 2. The predicted molar refractivity (Wildman–Crippen MR) is 56.3 cm³/mol. The fourth-order valence-electron chi connectivity index (χ4n) is 1.24. The molecule has 0 aliphatic rings. The van der Waals surface area contributed by atoms with E-state index in [4.69, 9.17) is 4.52 Å². The molecule has 0 spiro atoms. The molecule has 0 radical (unpaired) electrons. The van der Waals surface area contributed by atoms with E-state index in [1.807, 2.05) is 0 Å². The van der Waals surface area contributed by atoms with Gasteiger partial charge in [-0.2, -0.15) is 0 Å². The van der Waals surface area contributed by atoms with Crippen molar-refractivity contribution in [2.45, 2.75) is 6.36 Å². The van der Waals surface area contributed by atoms with Gasteiger partial charge < -0.3 is 9.26 Å². The van der Waals surface area contributed by atoms with E-state index in [-0.39, 0.29) is 5.75 Å². The van der Waals surface area contributed by atoms with E-state index in [0.29, 0.717) is 15.9 Å². The maximum absolute atomic E-state index is 12.0. The normalized spacial score (nSPS) is 11.5. The summed E-state index contributed by atoms with van der Waals surface area (Å²) < 4.78 is 45.2. The SMILES string of the molecule is FC(F)(F)Oc1cccc(-c2cc(Br)no2)c1. The average molecular weight is 308 g/mol. The van der Waals surface area contributed by atoms with Gasteiger partial charge in [-0.1, -0.05) is 17.3 Å². The van der Waals surface area contributed by atoms with Crippen LogP contribution in [0.5, 0.6) is 5.75 Å². The van der Waals surface area contributed by atoms with Crippen LogP contribution in [0.4, 0.5) is 13.2 Å². The van der Waals surface area contributed by atoms with Crippen molar-refractivity contribution in [2.24, 2.45) is 0 Å². The average Bonchev–Trinajstić information content (AvgIpc) is 2.63. The van der Waals surface area contributed by atoms with Crippen molar-refractivity contribution < 1.29 is 22.4 Å². The minimum atomic E-state index is -4.71. The van der Waals surface area contributed by atoms with E-state index >= 15 is 0 Å². The van der Waals surface area contributed by atoms with E-state index in [2.05, 4.69) is 25.8 Å². The van der Waals surface area contributed by atoms with E-state index in [0.717, 1.165) is 0 Å². The predicted octanol–water partition coefficient (Wildman–Crippen LogP) is 4.00. The van der Waals surface area contributed by atoms with Crippen LogP contribution in [0.15, 0.2) is 39.5 Å². The minimum Gasteiger partial charge on any atom is -0.406 e. The van der Waals surface area contributed by atoms with E-state index in [9.17, 15) is 13.2 Å². The van der Waals surface area contributed by atoms with Crippen LogP contribution in [-0.2, 0) is 0 Å². The lowest BCUT2D eigenvalue weighted by atomic mass is 10.2. The Hall–Kier alpha value is -1.50. The second-order valence-corrected chi connectivity index (χ2v) is 3.90. The summed E-state index contributed by atoms with van der Waals surface area (Å²) in [5, 5.41) is 3.58. The monoisotopic (exact) mass is 307 g/mol. The summed E-state index contributed by atoms with van der Waals surface area (Å²) in [6.45, 7) is 0. The van der Waals surface area contributed by atoms with Crippen LogP contribution in [0.3, 0.4) is 0 Å². The van der Waals surface area contributed by atoms with Gasteiger partial charge >= 0.3 is 6.36 Å². The molecule has 0 N–H and O–H groups in total. The highest BCUT2D eigenvalue weighted by molar-refractivity contribution is 9.10. The lowest BCUT2D eigenvalue weighted by molar-refractivity contribution is -0.274. The topological polar surface area (TPSA) is 35.3 Å². The smallest absolute Gasteiger partial charge is 0.406 e. The first-order chi connectivity index (χ1) is 7.94. The van der Waals surface area contributed by atoms with Gasteiger partial charge in [0.15, 0.2) is 5.76 Å². The third kappa shape index (κ3) is 3.23. The molecule has 1 aromatic heterocycles. The molecule has 17 heavy (non-hydrogen) atoms. The van der Waals surface area contributed by atoms with E-state index < -0.39 is 6.36 Å². The Morgan fingerprint density at radius 3 is 2.59 bits per heavy atom. The highest BCUT2D eigenvalue weighted by Gasteiger charge is 2.31. The molecule has 0 aliphatic heterocycles. The number of benzene rings is 1. The van der Waals surface area contributed by atoms with Crippen LogP contribution in [0.25, 0.3) is 11.3 Å². The summed E-state index contributed by atoms with van der Waals surface area (Å²) in [6.07, 6.45) is -4.71. The first-order valence-corrected chi connectivity index (χ1v) is 5.22.